The van der Waals surface area contributed by atoms with Crippen LogP contribution in [0.1, 0.15) is 37.8 Å². The maximum absolute atomic E-state index is 11.8. The second kappa shape index (κ2) is 12.1. The molecule has 2 fully saturated rings. The fourth-order valence-electron chi connectivity index (χ4n) is 4.36. The van der Waals surface area contributed by atoms with Crippen LogP contribution in [0, 0.1) is 5.92 Å². The van der Waals surface area contributed by atoms with E-state index in [1.165, 1.54) is 31.3 Å². The van der Waals surface area contributed by atoms with Crippen molar-refractivity contribution in [3.05, 3.63) is 35.4 Å². The van der Waals surface area contributed by atoms with Crippen LogP contribution in [0.5, 0.6) is 0 Å². The lowest BCUT2D eigenvalue weighted by molar-refractivity contribution is -0.146. The maximum atomic E-state index is 11.8. The molecule has 0 bridgehead atoms. The summed E-state index contributed by atoms with van der Waals surface area (Å²) in [6.07, 6.45) is 1.64. The third kappa shape index (κ3) is 6.94. The van der Waals surface area contributed by atoms with E-state index in [2.05, 4.69) is 58.1 Å². The molecule has 1 aromatic rings. The van der Waals surface area contributed by atoms with Gasteiger partial charge in [-0.25, -0.2) is 4.99 Å². The van der Waals surface area contributed by atoms with E-state index in [-0.39, 0.29) is 11.9 Å². The standard InChI is InChI=1S/C24H39N5O2/c1-4-25-24(29-12-10-22(11-13-29)23(30)31-3)26-18-20-6-8-21(9-7-20)19-28-16-14-27(5-2)15-17-28/h6-9,22H,4-5,10-19H2,1-3H3,(H,25,26). The van der Waals surface area contributed by atoms with E-state index in [0.29, 0.717) is 6.54 Å². The van der Waals surface area contributed by atoms with E-state index < -0.39 is 0 Å². The van der Waals surface area contributed by atoms with Gasteiger partial charge in [0.1, 0.15) is 0 Å². The summed E-state index contributed by atoms with van der Waals surface area (Å²) in [5, 5.41) is 3.40. The third-order valence-electron chi connectivity index (χ3n) is 6.42. The van der Waals surface area contributed by atoms with Crippen molar-refractivity contribution < 1.29 is 9.53 Å². The number of likely N-dealkylation sites (tertiary alicyclic amines) is 1. The minimum Gasteiger partial charge on any atom is -0.469 e. The summed E-state index contributed by atoms with van der Waals surface area (Å²) in [7, 11) is 1.47. The van der Waals surface area contributed by atoms with Crippen LogP contribution in [-0.4, -0.2) is 86.1 Å². The molecule has 2 aliphatic heterocycles. The van der Waals surface area contributed by atoms with Crippen LogP contribution in [-0.2, 0) is 22.6 Å². The molecule has 0 saturated carbocycles. The molecule has 2 heterocycles. The summed E-state index contributed by atoms with van der Waals surface area (Å²) >= 11 is 0. The highest BCUT2D eigenvalue weighted by Gasteiger charge is 2.27. The van der Waals surface area contributed by atoms with Gasteiger partial charge in [0.05, 0.1) is 19.6 Å². The van der Waals surface area contributed by atoms with Gasteiger partial charge in [-0.1, -0.05) is 31.2 Å². The molecule has 3 rings (SSSR count). The van der Waals surface area contributed by atoms with Gasteiger partial charge in [0.2, 0.25) is 0 Å². The molecule has 0 aliphatic carbocycles. The summed E-state index contributed by atoms with van der Waals surface area (Å²) in [5.41, 5.74) is 2.59. The number of aliphatic imine (C=N–C) groups is 1. The SMILES string of the molecule is CCNC(=NCc1ccc(CN2CCN(CC)CC2)cc1)N1CCC(C(=O)OC)CC1. The van der Waals surface area contributed by atoms with Gasteiger partial charge in [0, 0.05) is 52.4 Å². The van der Waals surface area contributed by atoms with Crippen molar-refractivity contribution in [3.8, 4) is 0 Å². The van der Waals surface area contributed by atoms with Crippen molar-refractivity contribution in [2.45, 2.75) is 39.8 Å². The summed E-state index contributed by atoms with van der Waals surface area (Å²) in [4.78, 5) is 23.9. The van der Waals surface area contributed by atoms with Crippen molar-refractivity contribution >= 4 is 11.9 Å². The number of piperidine rings is 1. The molecule has 2 saturated heterocycles. The predicted molar refractivity (Wildman–Crippen MR) is 125 cm³/mol. The van der Waals surface area contributed by atoms with Crippen molar-refractivity contribution in [2.75, 3.05) is 59.5 Å². The number of nitrogens with one attached hydrogen (secondary N) is 1. The van der Waals surface area contributed by atoms with Gasteiger partial charge in [-0.15, -0.1) is 0 Å². The molecule has 1 N–H and O–H groups in total. The van der Waals surface area contributed by atoms with Gasteiger partial charge < -0.3 is 19.9 Å². The Hall–Kier alpha value is -2.12. The number of hydrogen-bond donors (Lipinski definition) is 1. The topological polar surface area (TPSA) is 60.4 Å². The number of piperazine rings is 1. The van der Waals surface area contributed by atoms with Gasteiger partial charge in [0.25, 0.3) is 0 Å². The van der Waals surface area contributed by atoms with Crippen molar-refractivity contribution in [1.29, 1.82) is 0 Å². The zero-order valence-corrected chi connectivity index (χ0v) is 19.5. The average Bonchev–Trinajstić information content (AvgIpc) is 2.83. The molecule has 172 valence electrons. The summed E-state index contributed by atoms with van der Waals surface area (Å²) in [5.74, 6) is 0.860. The zero-order chi connectivity index (χ0) is 22.1. The molecule has 0 spiro atoms. The molecule has 0 atom stereocenters. The van der Waals surface area contributed by atoms with Crippen LogP contribution in [0.2, 0.25) is 0 Å². The Morgan fingerprint density at radius 3 is 2.19 bits per heavy atom. The van der Waals surface area contributed by atoms with Gasteiger partial charge in [0.15, 0.2) is 5.96 Å². The van der Waals surface area contributed by atoms with E-state index >= 15 is 0 Å². The number of hydrogen-bond acceptors (Lipinski definition) is 5. The zero-order valence-electron chi connectivity index (χ0n) is 19.5. The van der Waals surface area contributed by atoms with Gasteiger partial charge in [-0.2, -0.15) is 0 Å². The van der Waals surface area contributed by atoms with Crippen molar-refractivity contribution in [1.82, 2.24) is 20.0 Å². The average molecular weight is 430 g/mol. The van der Waals surface area contributed by atoms with Crippen LogP contribution >= 0.6 is 0 Å². The van der Waals surface area contributed by atoms with E-state index in [9.17, 15) is 4.79 Å². The second-order valence-corrected chi connectivity index (χ2v) is 8.48. The minimum atomic E-state index is -0.0890. The normalized spacial score (nSPS) is 19.5. The first-order chi connectivity index (χ1) is 15.1. The Labute approximate surface area is 187 Å². The van der Waals surface area contributed by atoms with Gasteiger partial charge in [-0.05, 0) is 37.4 Å². The van der Waals surface area contributed by atoms with Crippen LogP contribution in [0.3, 0.4) is 0 Å². The smallest absolute Gasteiger partial charge is 0.308 e. The largest absolute Gasteiger partial charge is 0.469 e. The molecule has 31 heavy (non-hydrogen) atoms. The third-order valence-corrected chi connectivity index (χ3v) is 6.42. The van der Waals surface area contributed by atoms with E-state index in [0.717, 1.165) is 64.6 Å². The Kier molecular flexibility index (Phi) is 9.15. The van der Waals surface area contributed by atoms with Crippen molar-refractivity contribution in [3.63, 3.8) is 0 Å². The van der Waals surface area contributed by atoms with Gasteiger partial charge in [-0.3, -0.25) is 9.69 Å². The maximum Gasteiger partial charge on any atom is 0.308 e. The lowest BCUT2D eigenvalue weighted by Gasteiger charge is -2.34. The first-order valence-corrected chi connectivity index (χ1v) is 11.8. The quantitative estimate of drug-likeness (QED) is 0.407. The molecule has 0 aromatic heterocycles. The Balaban J connectivity index is 1.51. The second-order valence-electron chi connectivity index (χ2n) is 8.48. The number of guanidine groups is 1. The fourth-order valence-corrected chi connectivity index (χ4v) is 4.36. The predicted octanol–water partition coefficient (Wildman–Crippen LogP) is 2.17. The highest BCUT2D eigenvalue weighted by atomic mass is 16.5. The number of likely N-dealkylation sites (N-methyl/N-ethyl adjacent to an activating group) is 1. The molecular weight excluding hydrogens is 390 g/mol. The summed E-state index contributed by atoms with van der Waals surface area (Å²) < 4.78 is 4.90. The molecule has 1 aromatic carbocycles. The van der Waals surface area contributed by atoms with Crippen LogP contribution < -0.4 is 5.32 Å². The molecule has 7 heteroatoms. The van der Waals surface area contributed by atoms with E-state index in [1.807, 2.05) is 0 Å². The van der Waals surface area contributed by atoms with E-state index in [1.54, 1.807) is 0 Å². The number of rotatable bonds is 7. The van der Waals surface area contributed by atoms with Crippen LogP contribution in [0.15, 0.2) is 29.3 Å². The minimum absolute atomic E-state index is 0.0154. The number of esters is 1. The number of benzene rings is 1. The fraction of sp³-hybridized carbons (Fsp3) is 0.667. The van der Waals surface area contributed by atoms with Crippen LogP contribution in [0.4, 0.5) is 0 Å². The Bertz CT molecular complexity index is 705. The lowest BCUT2D eigenvalue weighted by Crippen LogP contribution is -2.46. The molecule has 0 unspecified atom stereocenters. The Morgan fingerprint density at radius 2 is 1.61 bits per heavy atom. The summed E-state index contributed by atoms with van der Waals surface area (Å²) in [6.45, 7) is 14.3. The summed E-state index contributed by atoms with van der Waals surface area (Å²) in [6, 6.07) is 8.89. The number of carbonyl (C=O) groups is 1. The number of ether oxygens (including phenoxy) is 1. The van der Waals surface area contributed by atoms with Gasteiger partial charge >= 0.3 is 5.97 Å². The van der Waals surface area contributed by atoms with Crippen molar-refractivity contribution in [2.24, 2.45) is 10.9 Å². The molecular formula is C24H39N5O2. The molecule has 0 radical (unpaired) electrons. The molecule has 0 amide bonds. The molecule has 7 nitrogen and oxygen atoms in total. The highest BCUT2D eigenvalue weighted by molar-refractivity contribution is 5.80. The Morgan fingerprint density at radius 1 is 1.00 bits per heavy atom. The molecule has 2 aliphatic rings. The number of methoxy groups -OCH3 is 1. The monoisotopic (exact) mass is 429 g/mol. The van der Waals surface area contributed by atoms with E-state index in [4.69, 9.17) is 9.73 Å². The van der Waals surface area contributed by atoms with Crippen LogP contribution in [0.25, 0.3) is 0 Å². The highest BCUT2D eigenvalue weighted by Crippen LogP contribution is 2.19. The number of nitrogens with zero attached hydrogens (tertiary/aromatic N) is 4. The lowest BCUT2D eigenvalue weighted by atomic mass is 9.97. The first kappa shape index (κ1) is 23.5. The first-order valence-electron chi connectivity index (χ1n) is 11.8. The number of carbonyl (C=O) groups excluding carboxylic acids is 1.